The van der Waals surface area contributed by atoms with Crippen LogP contribution in [0, 0.1) is 5.92 Å². The highest BCUT2D eigenvalue weighted by Crippen LogP contribution is 2.37. The van der Waals surface area contributed by atoms with Crippen LogP contribution in [-0.4, -0.2) is 44.7 Å². The van der Waals surface area contributed by atoms with Crippen molar-refractivity contribution < 1.29 is 14.3 Å². The molecule has 21 heavy (non-hydrogen) atoms. The highest BCUT2D eigenvalue weighted by molar-refractivity contribution is 5.89. The van der Waals surface area contributed by atoms with Gasteiger partial charge in [-0.1, -0.05) is 18.2 Å². The molecule has 2 atom stereocenters. The smallest absolute Gasteiger partial charge is 0.334 e. The molecule has 0 saturated carbocycles. The van der Waals surface area contributed by atoms with Crippen molar-refractivity contribution >= 4 is 5.97 Å². The standard InChI is InChI=1S/C17H21NO3/c1-18-10-13(17(19)21-3)7-12-8-14-11(9-15(12)18)5-4-6-16(14)20-2/h4-7,12,15H,8-10H2,1-3H3. The van der Waals surface area contributed by atoms with Crippen LogP contribution in [0.4, 0.5) is 0 Å². The molecule has 4 nitrogen and oxygen atoms in total. The van der Waals surface area contributed by atoms with Gasteiger partial charge in [-0.3, -0.25) is 4.90 Å². The highest BCUT2D eigenvalue weighted by Gasteiger charge is 2.36. The highest BCUT2D eigenvalue weighted by atomic mass is 16.5. The first-order chi connectivity index (χ1) is 10.1. The monoisotopic (exact) mass is 287 g/mol. The minimum Gasteiger partial charge on any atom is -0.496 e. The van der Waals surface area contributed by atoms with Gasteiger partial charge in [0, 0.05) is 18.2 Å². The second-order valence-electron chi connectivity index (χ2n) is 5.84. The maximum Gasteiger partial charge on any atom is 0.334 e. The number of rotatable bonds is 2. The predicted molar refractivity (Wildman–Crippen MR) is 80.4 cm³/mol. The topological polar surface area (TPSA) is 38.8 Å². The van der Waals surface area contributed by atoms with Crippen LogP contribution in [0.5, 0.6) is 5.75 Å². The normalized spacial score (nSPS) is 24.6. The summed E-state index contributed by atoms with van der Waals surface area (Å²) in [6.07, 6.45) is 4.01. The Morgan fingerprint density at radius 1 is 1.29 bits per heavy atom. The van der Waals surface area contributed by atoms with Crippen LogP contribution in [0.25, 0.3) is 0 Å². The second-order valence-corrected chi connectivity index (χ2v) is 5.84. The van der Waals surface area contributed by atoms with Crippen molar-refractivity contribution in [2.45, 2.75) is 18.9 Å². The van der Waals surface area contributed by atoms with E-state index in [9.17, 15) is 4.79 Å². The summed E-state index contributed by atoms with van der Waals surface area (Å²) in [5, 5.41) is 0. The van der Waals surface area contributed by atoms with E-state index in [4.69, 9.17) is 9.47 Å². The third kappa shape index (κ3) is 2.44. The second kappa shape index (κ2) is 5.53. The van der Waals surface area contributed by atoms with Gasteiger partial charge in [-0.2, -0.15) is 0 Å². The molecule has 112 valence electrons. The average Bonchev–Trinajstić information content (AvgIpc) is 2.51. The van der Waals surface area contributed by atoms with Crippen molar-refractivity contribution in [1.29, 1.82) is 0 Å². The van der Waals surface area contributed by atoms with Crippen molar-refractivity contribution in [3.8, 4) is 5.75 Å². The summed E-state index contributed by atoms with van der Waals surface area (Å²) in [6.45, 7) is 0.660. The number of carbonyl (C=O) groups is 1. The van der Waals surface area contributed by atoms with Crippen molar-refractivity contribution in [2.75, 3.05) is 27.8 Å². The van der Waals surface area contributed by atoms with Gasteiger partial charge in [-0.15, -0.1) is 0 Å². The van der Waals surface area contributed by atoms with Gasteiger partial charge >= 0.3 is 5.97 Å². The molecule has 2 aliphatic rings. The Kier molecular flexibility index (Phi) is 3.72. The Bertz CT molecular complexity index is 594. The van der Waals surface area contributed by atoms with Gasteiger partial charge in [-0.25, -0.2) is 4.79 Å². The maximum absolute atomic E-state index is 11.8. The Morgan fingerprint density at radius 2 is 2.10 bits per heavy atom. The van der Waals surface area contributed by atoms with E-state index in [1.807, 2.05) is 6.07 Å². The third-order valence-corrected chi connectivity index (χ3v) is 4.66. The molecule has 1 heterocycles. The molecule has 1 aliphatic carbocycles. The van der Waals surface area contributed by atoms with Gasteiger partial charge in [0.05, 0.1) is 14.2 Å². The Labute approximate surface area is 125 Å². The summed E-state index contributed by atoms with van der Waals surface area (Å²) in [6, 6.07) is 6.69. The van der Waals surface area contributed by atoms with Crippen LogP contribution in [0.15, 0.2) is 29.8 Å². The Morgan fingerprint density at radius 3 is 2.81 bits per heavy atom. The predicted octanol–water partition coefficient (Wildman–Crippen LogP) is 1.82. The van der Waals surface area contributed by atoms with E-state index in [-0.39, 0.29) is 5.97 Å². The zero-order valence-corrected chi connectivity index (χ0v) is 12.8. The molecule has 4 heteroatoms. The minimum absolute atomic E-state index is 0.217. The van der Waals surface area contributed by atoms with Crippen LogP contribution in [-0.2, 0) is 22.4 Å². The molecule has 0 N–H and O–H groups in total. The lowest BCUT2D eigenvalue weighted by Crippen LogP contribution is -2.47. The van der Waals surface area contributed by atoms with Crippen LogP contribution >= 0.6 is 0 Å². The van der Waals surface area contributed by atoms with E-state index in [0.717, 1.165) is 24.2 Å². The molecule has 0 saturated heterocycles. The lowest BCUT2D eigenvalue weighted by atomic mass is 9.76. The van der Waals surface area contributed by atoms with Crippen molar-refractivity contribution in [3.05, 3.63) is 41.0 Å². The maximum atomic E-state index is 11.8. The fraction of sp³-hybridized carbons (Fsp3) is 0.471. The van der Waals surface area contributed by atoms with Crippen LogP contribution < -0.4 is 4.74 Å². The third-order valence-electron chi connectivity index (χ3n) is 4.66. The summed E-state index contributed by atoms with van der Waals surface area (Å²) >= 11 is 0. The van der Waals surface area contributed by atoms with Crippen molar-refractivity contribution in [2.24, 2.45) is 5.92 Å². The summed E-state index contributed by atoms with van der Waals surface area (Å²) in [4.78, 5) is 14.1. The molecule has 3 rings (SSSR count). The van der Waals surface area contributed by atoms with Gasteiger partial charge in [-0.05, 0) is 43.0 Å². The van der Waals surface area contributed by atoms with Gasteiger partial charge in [0.25, 0.3) is 0 Å². The van der Waals surface area contributed by atoms with Crippen molar-refractivity contribution in [1.82, 2.24) is 4.90 Å². The number of nitrogens with zero attached hydrogens (tertiary/aromatic N) is 1. The van der Waals surface area contributed by atoms with Gasteiger partial charge in [0.1, 0.15) is 5.75 Å². The van der Waals surface area contributed by atoms with Crippen LogP contribution in [0.2, 0.25) is 0 Å². The quantitative estimate of drug-likeness (QED) is 0.778. The lowest BCUT2D eigenvalue weighted by Gasteiger charge is -2.41. The van der Waals surface area contributed by atoms with Crippen LogP contribution in [0.3, 0.4) is 0 Å². The summed E-state index contributed by atoms with van der Waals surface area (Å²) < 4.78 is 10.4. The zero-order valence-electron chi connectivity index (χ0n) is 12.8. The number of hydrogen-bond acceptors (Lipinski definition) is 4. The molecule has 2 unspecified atom stereocenters. The van der Waals surface area contributed by atoms with Gasteiger partial charge in [0.15, 0.2) is 0 Å². The first-order valence-corrected chi connectivity index (χ1v) is 7.28. The number of carbonyl (C=O) groups excluding carboxylic acids is 1. The van der Waals surface area contributed by atoms with E-state index in [1.165, 1.54) is 18.2 Å². The minimum atomic E-state index is -0.217. The van der Waals surface area contributed by atoms with Crippen LogP contribution in [0.1, 0.15) is 11.1 Å². The molecular weight excluding hydrogens is 266 g/mol. The molecule has 0 bridgehead atoms. The summed E-state index contributed by atoms with van der Waals surface area (Å²) in [7, 11) is 5.23. The number of likely N-dealkylation sites (N-methyl/N-ethyl adjacent to an activating group) is 1. The van der Waals surface area contributed by atoms with Gasteiger partial charge < -0.3 is 9.47 Å². The first-order valence-electron chi connectivity index (χ1n) is 7.28. The average molecular weight is 287 g/mol. The first kappa shape index (κ1) is 14.1. The number of esters is 1. The number of hydrogen-bond donors (Lipinski definition) is 0. The fourth-order valence-electron chi connectivity index (χ4n) is 3.59. The molecule has 0 radical (unpaired) electrons. The number of ether oxygens (including phenoxy) is 2. The molecule has 0 spiro atoms. The molecule has 1 aromatic rings. The summed E-state index contributed by atoms with van der Waals surface area (Å²) in [5.74, 6) is 1.07. The molecule has 1 aromatic carbocycles. The Hall–Kier alpha value is -1.81. The number of benzene rings is 1. The molecule has 1 aliphatic heterocycles. The fourth-order valence-corrected chi connectivity index (χ4v) is 3.59. The SMILES string of the molecule is COC(=O)C1=CC2Cc3c(cccc3OC)CC2N(C)C1. The van der Waals surface area contributed by atoms with E-state index in [2.05, 4.69) is 30.2 Å². The van der Waals surface area contributed by atoms with E-state index in [0.29, 0.717) is 18.5 Å². The Balaban J connectivity index is 1.96. The molecular formula is C17H21NO3. The largest absolute Gasteiger partial charge is 0.496 e. The van der Waals surface area contributed by atoms with E-state index >= 15 is 0 Å². The molecule has 0 aromatic heterocycles. The molecule has 0 amide bonds. The summed E-state index contributed by atoms with van der Waals surface area (Å²) in [5.41, 5.74) is 3.40. The number of fused-ring (bicyclic) bond motifs is 2. The lowest BCUT2D eigenvalue weighted by molar-refractivity contribution is -0.136. The molecule has 0 fully saturated rings. The van der Waals surface area contributed by atoms with E-state index < -0.39 is 0 Å². The van der Waals surface area contributed by atoms with E-state index in [1.54, 1.807) is 7.11 Å². The van der Waals surface area contributed by atoms with Crippen molar-refractivity contribution in [3.63, 3.8) is 0 Å². The van der Waals surface area contributed by atoms with Gasteiger partial charge in [0.2, 0.25) is 0 Å². The zero-order chi connectivity index (χ0) is 15.0. The number of methoxy groups -OCH3 is 2.